The van der Waals surface area contributed by atoms with Gasteiger partial charge >= 0.3 is 12.0 Å². The standard InChI is InChI=1S/C11H15ClN2O3S/c1-11(2,9(15)16)14(3)10(17)13-6-7-4-5-8(12)18-7/h4-5H,6H2,1-3H3,(H,13,17)(H,15,16). The first-order valence-electron chi connectivity index (χ1n) is 5.24. The SMILES string of the molecule is CN(C(=O)NCc1ccc(Cl)s1)C(C)(C)C(=O)O. The van der Waals surface area contributed by atoms with E-state index in [0.717, 1.165) is 9.78 Å². The van der Waals surface area contributed by atoms with E-state index < -0.39 is 17.5 Å². The van der Waals surface area contributed by atoms with E-state index in [9.17, 15) is 9.59 Å². The first-order valence-corrected chi connectivity index (χ1v) is 6.44. The molecule has 0 saturated heterocycles. The number of carboxylic acid groups (broad SMARTS) is 1. The molecule has 0 aliphatic heterocycles. The van der Waals surface area contributed by atoms with Crippen molar-refractivity contribution in [2.45, 2.75) is 25.9 Å². The lowest BCUT2D eigenvalue weighted by Crippen LogP contribution is -2.53. The lowest BCUT2D eigenvalue weighted by molar-refractivity contribution is -0.146. The monoisotopic (exact) mass is 290 g/mol. The fourth-order valence-corrected chi connectivity index (χ4v) is 2.15. The van der Waals surface area contributed by atoms with Gasteiger partial charge in [0.05, 0.1) is 10.9 Å². The molecule has 1 rings (SSSR count). The maximum atomic E-state index is 11.8. The average Bonchev–Trinajstić information content (AvgIpc) is 2.70. The van der Waals surface area contributed by atoms with E-state index in [1.807, 2.05) is 6.07 Å². The minimum absolute atomic E-state index is 0.330. The Morgan fingerprint density at radius 3 is 2.56 bits per heavy atom. The number of amides is 2. The molecule has 0 spiro atoms. The summed E-state index contributed by atoms with van der Waals surface area (Å²) in [4.78, 5) is 24.9. The molecule has 1 heterocycles. The molecule has 18 heavy (non-hydrogen) atoms. The second kappa shape index (κ2) is 5.58. The van der Waals surface area contributed by atoms with E-state index in [0.29, 0.717) is 10.9 Å². The highest BCUT2D eigenvalue weighted by atomic mass is 35.5. The summed E-state index contributed by atoms with van der Waals surface area (Å²) in [6, 6.07) is 3.13. The molecule has 2 N–H and O–H groups in total. The maximum Gasteiger partial charge on any atom is 0.329 e. The molecule has 0 atom stereocenters. The fraction of sp³-hybridized carbons (Fsp3) is 0.455. The van der Waals surface area contributed by atoms with Crippen molar-refractivity contribution in [3.63, 3.8) is 0 Å². The van der Waals surface area contributed by atoms with Crippen molar-refractivity contribution in [3.05, 3.63) is 21.3 Å². The Balaban J connectivity index is 2.58. The first-order chi connectivity index (χ1) is 8.25. The highest BCUT2D eigenvalue weighted by Gasteiger charge is 2.35. The zero-order valence-corrected chi connectivity index (χ0v) is 11.9. The number of hydrogen-bond acceptors (Lipinski definition) is 3. The van der Waals surface area contributed by atoms with Crippen molar-refractivity contribution in [2.75, 3.05) is 7.05 Å². The molecule has 1 aromatic rings. The predicted molar refractivity (Wildman–Crippen MR) is 71.0 cm³/mol. The number of aliphatic carboxylic acids is 1. The van der Waals surface area contributed by atoms with Gasteiger partial charge in [-0.15, -0.1) is 11.3 Å². The summed E-state index contributed by atoms with van der Waals surface area (Å²) >= 11 is 7.14. The first kappa shape index (κ1) is 14.8. The molecule has 0 bridgehead atoms. The van der Waals surface area contributed by atoms with E-state index in [4.69, 9.17) is 16.7 Å². The molecule has 0 aliphatic carbocycles. The van der Waals surface area contributed by atoms with Gasteiger partial charge in [-0.05, 0) is 26.0 Å². The van der Waals surface area contributed by atoms with Crippen LogP contribution in [0.1, 0.15) is 18.7 Å². The molecule has 0 unspecified atom stereocenters. The molecular formula is C11H15ClN2O3S. The molecule has 0 saturated carbocycles. The number of likely N-dealkylation sites (N-methyl/N-ethyl adjacent to an activating group) is 1. The molecule has 0 fully saturated rings. The van der Waals surface area contributed by atoms with Gasteiger partial charge in [0.1, 0.15) is 5.54 Å². The van der Waals surface area contributed by atoms with Crippen LogP contribution in [0.25, 0.3) is 0 Å². The summed E-state index contributed by atoms with van der Waals surface area (Å²) in [5, 5.41) is 11.7. The van der Waals surface area contributed by atoms with Gasteiger partial charge in [-0.2, -0.15) is 0 Å². The van der Waals surface area contributed by atoms with E-state index in [1.165, 1.54) is 32.2 Å². The average molecular weight is 291 g/mol. The summed E-state index contributed by atoms with van der Waals surface area (Å²) in [5.41, 5.74) is -1.25. The van der Waals surface area contributed by atoms with Crippen LogP contribution in [0.15, 0.2) is 12.1 Å². The number of nitrogens with zero attached hydrogens (tertiary/aromatic N) is 1. The molecule has 0 aliphatic rings. The van der Waals surface area contributed by atoms with Crippen molar-refractivity contribution in [1.29, 1.82) is 0 Å². The third-order valence-corrected chi connectivity index (χ3v) is 3.94. The summed E-state index contributed by atoms with van der Waals surface area (Å²) in [5.74, 6) is -1.06. The second-order valence-electron chi connectivity index (χ2n) is 4.29. The number of hydrogen-bond donors (Lipinski definition) is 2. The Labute approximate surface area is 114 Å². The zero-order chi connectivity index (χ0) is 13.9. The van der Waals surface area contributed by atoms with Crippen molar-refractivity contribution in [1.82, 2.24) is 10.2 Å². The van der Waals surface area contributed by atoms with Crippen LogP contribution in [-0.2, 0) is 11.3 Å². The normalized spacial score (nSPS) is 11.1. The maximum absolute atomic E-state index is 11.8. The van der Waals surface area contributed by atoms with Gasteiger partial charge < -0.3 is 15.3 Å². The number of carbonyl (C=O) groups excluding carboxylic acids is 1. The minimum Gasteiger partial charge on any atom is -0.480 e. The molecule has 0 aromatic carbocycles. The lowest BCUT2D eigenvalue weighted by Gasteiger charge is -2.31. The summed E-state index contributed by atoms with van der Waals surface area (Å²) < 4.78 is 0.651. The number of halogens is 1. The van der Waals surface area contributed by atoms with Gasteiger partial charge in [-0.1, -0.05) is 11.6 Å². The van der Waals surface area contributed by atoms with Crippen LogP contribution >= 0.6 is 22.9 Å². The number of thiophene rings is 1. The van der Waals surface area contributed by atoms with Gasteiger partial charge in [-0.3, -0.25) is 0 Å². The number of carboxylic acids is 1. The Bertz CT molecular complexity index is 459. The number of carbonyl (C=O) groups is 2. The summed E-state index contributed by atoms with van der Waals surface area (Å²) in [6.07, 6.45) is 0. The van der Waals surface area contributed by atoms with Crippen LogP contribution in [-0.4, -0.2) is 34.6 Å². The van der Waals surface area contributed by atoms with Crippen LogP contribution in [0.4, 0.5) is 4.79 Å². The molecule has 100 valence electrons. The smallest absolute Gasteiger partial charge is 0.329 e. The molecule has 1 aromatic heterocycles. The van der Waals surface area contributed by atoms with Crippen molar-refractivity contribution in [2.24, 2.45) is 0 Å². The van der Waals surface area contributed by atoms with E-state index in [2.05, 4.69) is 5.32 Å². The molecule has 0 radical (unpaired) electrons. The molecule has 2 amide bonds. The van der Waals surface area contributed by atoms with Crippen LogP contribution < -0.4 is 5.32 Å². The Kier molecular flexibility index (Phi) is 4.59. The van der Waals surface area contributed by atoms with Gasteiger partial charge in [0.25, 0.3) is 0 Å². The Morgan fingerprint density at radius 2 is 2.11 bits per heavy atom. The van der Waals surface area contributed by atoms with Gasteiger partial charge in [0, 0.05) is 11.9 Å². The van der Waals surface area contributed by atoms with Gasteiger partial charge in [-0.25, -0.2) is 9.59 Å². The van der Waals surface area contributed by atoms with E-state index in [1.54, 1.807) is 6.07 Å². The number of nitrogens with one attached hydrogen (secondary N) is 1. The van der Waals surface area contributed by atoms with Gasteiger partial charge in [0.2, 0.25) is 0 Å². The second-order valence-corrected chi connectivity index (χ2v) is 6.09. The quantitative estimate of drug-likeness (QED) is 0.894. The van der Waals surface area contributed by atoms with Crippen molar-refractivity contribution >= 4 is 34.9 Å². The largest absolute Gasteiger partial charge is 0.480 e. The zero-order valence-electron chi connectivity index (χ0n) is 10.4. The third-order valence-electron chi connectivity index (χ3n) is 2.71. The van der Waals surface area contributed by atoms with Gasteiger partial charge in [0.15, 0.2) is 0 Å². The molecule has 5 nitrogen and oxygen atoms in total. The minimum atomic E-state index is -1.25. The summed E-state index contributed by atoms with van der Waals surface area (Å²) in [6.45, 7) is 3.27. The lowest BCUT2D eigenvalue weighted by atomic mass is 10.1. The number of urea groups is 1. The van der Waals surface area contributed by atoms with E-state index >= 15 is 0 Å². The van der Waals surface area contributed by atoms with Crippen molar-refractivity contribution in [3.8, 4) is 0 Å². The Morgan fingerprint density at radius 1 is 1.50 bits per heavy atom. The predicted octanol–water partition coefficient (Wildman–Crippen LogP) is 2.41. The van der Waals surface area contributed by atoms with Crippen LogP contribution in [0, 0.1) is 0 Å². The van der Waals surface area contributed by atoms with Crippen molar-refractivity contribution < 1.29 is 14.7 Å². The van der Waals surface area contributed by atoms with Crippen LogP contribution in [0.3, 0.4) is 0 Å². The number of rotatable bonds is 4. The molecular weight excluding hydrogens is 276 g/mol. The fourth-order valence-electron chi connectivity index (χ4n) is 1.13. The highest BCUT2D eigenvalue weighted by molar-refractivity contribution is 7.16. The van der Waals surface area contributed by atoms with E-state index in [-0.39, 0.29) is 0 Å². The molecule has 7 heteroatoms. The Hall–Kier alpha value is -1.27. The topological polar surface area (TPSA) is 69.6 Å². The third kappa shape index (κ3) is 3.36. The summed E-state index contributed by atoms with van der Waals surface area (Å²) in [7, 11) is 1.45. The van der Waals surface area contributed by atoms with Crippen LogP contribution in [0.2, 0.25) is 4.34 Å². The highest BCUT2D eigenvalue weighted by Crippen LogP contribution is 2.21. The van der Waals surface area contributed by atoms with Crippen LogP contribution in [0.5, 0.6) is 0 Å².